The smallest absolute Gasteiger partial charge is 0.264 e. The molecule has 3 rings (SSSR count). The summed E-state index contributed by atoms with van der Waals surface area (Å²) < 4.78 is 42.3. The fourth-order valence-electron chi connectivity index (χ4n) is 3.98. The quantitative estimate of drug-likeness (QED) is 0.363. The van der Waals surface area contributed by atoms with E-state index in [0.29, 0.717) is 17.7 Å². The Hall–Kier alpha value is -3.72. The molecule has 0 saturated carbocycles. The van der Waals surface area contributed by atoms with E-state index in [4.69, 9.17) is 0 Å². The normalized spacial score (nSPS) is 12.9. The first-order chi connectivity index (χ1) is 18.4. The Morgan fingerprint density at radius 1 is 0.923 bits per heavy atom. The van der Waals surface area contributed by atoms with E-state index in [0.717, 1.165) is 15.4 Å². The van der Waals surface area contributed by atoms with Crippen LogP contribution in [0.3, 0.4) is 0 Å². The number of nitrogens with one attached hydrogen (secondary N) is 1. The van der Waals surface area contributed by atoms with E-state index in [1.165, 1.54) is 41.3 Å². The van der Waals surface area contributed by atoms with Crippen molar-refractivity contribution >= 4 is 27.5 Å². The first-order valence-electron chi connectivity index (χ1n) is 12.9. The number of carbonyl (C=O) groups excluding carboxylic acids is 2. The van der Waals surface area contributed by atoms with Crippen LogP contribution in [0, 0.1) is 19.7 Å². The summed E-state index contributed by atoms with van der Waals surface area (Å²) in [4.78, 5) is 28.3. The summed E-state index contributed by atoms with van der Waals surface area (Å²) in [5.41, 5.74) is 2.67. The molecule has 0 saturated heterocycles. The van der Waals surface area contributed by atoms with Crippen LogP contribution < -0.4 is 9.62 Å². The van der Waals surface area contributed by atoms with Crippen molar-refractivity contribution in [2.75, 3.05) is 10.8 Å². The lowest BCUT2D eigenvalue weighted by atomic mass is 10.1. The van der Waals surface area contributed by atoms with Crippen molar-refractivity contribution in [1.29, 1.82) is 0 Å². The Balaban J connectivity index is 2.02. The SMILES string of the molecule is CC[C@@H](C)NC(=O)[C@@H](C)N(Cc1ccc(F)cc1)C(=O)CN(c1cccc(C)c1)S(=O)(=O)c1ccc(C)cc1. The van der Waals surface area contributed by atoms with Crippen molar-refractivity contribution in [3.05, 3.63) is 95.3 Å². The predicted molar refractivity (Wildman–Crippen MR) is 151 cm³/mol. The van der Waals surface area contributed by atoms with Gasteiger partial charge in [0.05, 0.1) is 10.6 Å². The minimum absolute atomic E-state index is 0.000439. The summed E-state index contributed by atoms with van der Waals surface area (Å²) in [6.07, 6.45) is 0.709. The topological polar surface area (TPSA) is 86.8 Å². The molecule has 0 aliphatic carbocycles. The number of carbonyl (C=O) groups is 2. The van der Waals surface area contributed by atoms with E-state index in [2.05, 4.69) is 5.32 Å². The van der Waals surface area contributed by atoms with Gasteiger partial charge in [-0.2, -0.15) is 0 Å². The van der Waals surface area contributed by atoms with Crippen LogP contribution in [0.2, 0.25) is 0 Å². The molecule has 0 radical (unpaired) electrons. The van der Waals surface area contributed by atoms with Crippen LogP contribution in [0.1, 0.15) is 43.9 Å². The van der Waals surface area contributed by atoms with E-state index in [1.807, 2.05) is 33.8 Å². The third kappa shape index (κ3) is 7.66. The maximum absolute atomic E-state index is 13.9. The zero-order valence-corrected chi connectivity index (χ0v) is 23.8. The number of nitrogens with zero attached hydrogens (tertiary/aromatic N) is 2. The number of anilines is 1. The second-order valence-electron chi connectivity index (χ2n) is 9.81. The van der Waals surface area contributed by atoms with Gasteiger partial charge in [0.25, 0.3) is 10.0 Å². The third-order valence-corrected chi connectivity index (χ3v) is 8.40. The third-order valence-electron chi connectivity index (χ3n) is 6.61. The molecular weight excluding hydrogens is 517 g/mol. The number of amides is 2. The highest BCUT2D eigenvalue weighted by molar-refractivity contribution is 7.92. The van der Waals surface area contributed by atoms with Gasteiger partial charge in [-0.3, -0.25) is 13.9 Å². The van der Waals surface area contributed by atoms with E-state index < -0.39 is 34.3 Å². The van der Waals surface area contributed by atoms with Gasteiger partial charge in [0, 0.05) is 12.6 Å². The predicted octanol–water partition coefficient (Wildman–Crippen LogP) is 4.97. The summed E-state index contributed by atoms with van der Waals surface area (Å²) in [7, 11) is -4.13. The Morgan fingerprint density at radius 3 is 2.15 bits per heavy atom. The minimum atomic E-state index is -4.13. The molecule has 1 N–H and O–H groups in total. The summed E-state index contributed by atoms with van der Waals surface area (Å²) in [5.74, 6) is -1.35. The number of sulfonamides is 1. The van der Waals surface area contributed by atoms with Crippen molar-refractivity contribution in [3.63, 3.8) is 0 Å². The maximum atomic E-state index is 13.9. The molecule has 0 bridgehead atoms. The van der Waals surface area contributed by atoms with Gasteiger partial charge in [-0.25, -0.2) is 12.8 Å². The number of benzene rings is 3. The van der Waals surface area contributed by atoms with Crippen molar-refractivity contribution < 1.29 is 22.4 Å². The molecule has 208 valence electrons. The zero-order valence-electron chi connectivity index (χ0n) is 23.0. The highest BCUT2D eigenvalue weighted by Gasteiger charge is 2.32. The van der Waals surface area contributed by atoms with E-state index in [1.54, 1.807) is 37.3 Å². The Bertz CT molecular complexity index is 1390. The maximum Gasteiger partial charge on any atom is 0.264 e. The Labute approximate surface area is 230 Å². The number of aryl methyl sites for hydroxylation is 2. The molecule has 0 aliphatic rings. The van der Waals surface area contributed by atoms with Crippen LogP contribution in [-0.4, -0.2) is 43.8 Å². The average Bonchev–Trinajstić information content (AvgIpc) is 2.90. The average molecular weight is 554 g/mol. The van der Waals surface area contributed by atoms with Crippen molar-refractivity contribution in [2.45, 2.75) is 64.6 Å². The second kappa shape index (κ2) is 12.9. The lowest BCUT2D eigenvalue weighted by Crippen LogP contribution is -2.52. The Kier molecular flexibility index (Phi) is 9.86. The molecule has 39 heavy (non-hydrogen) atoms. The zero-order chi connectivity index (χ0) is 28.7. The molecule has 3 aromatic rings. The lowest BCUT2D eigenvalue weighted by Gasteiger charge is -2.32. The van der Waals surface area contributed by atoms with Crippen LogP contribution >= 0.6 is 0 Å². The molecule has 2 amide bonds. The van der Waals surface area contributed by atoms with Crippen LogP contribution in [0.25, 0.3) is 0 Å². The molecule has 0 aliphatic heterocycles. The van der Waals surface area contributed by atoms with Gasteiger partial charge >= 0.3 is 0 Å². The van der Waals surface area contributed by atoms with Gasteiger partial charge in [0.2, 0.25) is 11.8 Å². The highest BCUT2D eigenvalue weighted by atomic mass is 32.2. The van der Waals surface area contributed by atoms with Gasteiger partial charge in [-0.05, 0) is 81.6 Å². The number of rotatable bonds is 11. The van der Waals surface area contributed by atoms with Gasteiger partial charge in [-0.15, -0.1) is 0 Å². The molecule has 0 aromatic heterocycles. The Morgan fingerprint density at radius 2 is 1.56 bits per heavy atom. The van der Waals surface area contributed by atoms with Gasteiger partial charge in [0.15, 0.2) is 0 Å². The molecule has 7 nitrogen and oxygen atoms in total. The first kappa shape index (κ1) is 29.8. The summed E-state index contributed by atoms with van der Waals surface area (Å²) >= 11 is 0. The van der Waals surface area contributed by atoms with Crippen LogP contribution in [0.5, 0.6) is 0 Å². The monoisotopic (exact) mass is 553 g/mol. The fraction of sp³-hybridized carbons (Fsp3) is 0.333. The fourth-order valence-corrected chi connectivity index (χ4v) is 5.39. The molecular formula is C30H36FN3O4S. The number of hydrogen-bond donors (Lipinski definition) is 1. The molecule has 0 fully saturated rings. The van der Waals surface area contributed by atoms with Gasteiger partial charge < -0.3 is 10.2 Å². The van der Waals surface area contributed by atoms with Gasteiger partial charge in [-0.1, -0.05) is 48.9 Å². The van der Waals surface area contributed by atoms with E-state index >= 15 is 0 Å². The van der Waals surface area contributed by atoms with Crippen molar-refractivity contribution in [1.82, 2.24) is 10.2 Å². The van der Waals surface area contributed by atoms with Crippen LogP contribution in [-0.2, 0) is 26.2 Å². The summed E-state index contributed by atoms with van der Waals surface area (Å²) in [5, 5.41) is 2.89. The van der Waals surface area contributed by atoms with Crippen LogP contribution in [0.15, 0.2) is 77.7 Å². The minimum Gasteiger partial charge on any atom is -0.352 e. The largest absolute Gasteiger partial charge is 0.352 e. The van der Waals surface area contributed by atoms with E-state index in [-0.39, 0.29) is 23.4 Å². The summed E-state index contributed by atoms with van der Waals surface area (Å²) in [6, 6.07) is 17.9. The lowest BCUT2D eigenvalue weighted by molar-refractivity contribution is -0.139. The van der Waals surface area contributed by atoms with Crippen LogP contribution in [0.4, 0.5) is 10.1 Å². The second-order valence-corrected chi connectivity index (χ2v) is 11.7. The molecule has 0 spiro atoms. The molecule has 0 unspecified atom stereocenters. The van der Waals surface area contributed by atoms with E-state index in [9.17, 15) is 22.4 Å². The molecule has 0 heterocycles. The van der Waals surface area contributed by atoms with Gasteiger partial charge in [0.1, 0.15) is 18.4 Å². The van der Waals surface area contributed by atoms with Crippen molar-refractivity contribution in [2.24, 2.45) is 0 Å². The number of hydrogen-bond acceptors (Lipinski definition) is 4. The summed E-state index contributed by atoms with van der Waals surface area (Å²) in [6.45, 7) is 8.57. The van der Waals surface area contributed by atoms with Crippen molar-refractivity contribution in [3.8, 4) is 0 Å². The molecule has 3 aromatic carbocycles. The number of halogens is 1. The molecule has 9 heteroatoms. The first-order valence-corrected chi connectivity index (χ1v) is 14.4. The highest BCUT2D eigenvalue weighted by Crippen LogP contribution is 2.25. The molecule has 2 atom stereocenters. The standard InChI is InChI=1S/C30H36FN3O4S/c1-6-23(4)32-30(36)24(5)33(19-25-12-14-26(31)15-13-25)29(35)20-34(27-9-7-8-22(3)18-27)39(37,38)28-16-10-21(2)11-17-28/h7-18,23-24H,6,19-20H2,1-5H3,(H,32,36)/t23-,24-/m1/s1.